The second kappa shape index (κ2) is 7.88. The Morgan fingerprint density at radius 3 is 1.68 bits per heavy atom. The van der Waals surface area contributed by atoms with Gasteiger partial charge in [0.05, 0.1) is 28.1 Å². The minimum atomic E-state index is -0.216. The number of halogens is 1. The summed E-state index contributed by atoms with van der Waals surface area (Å²) in [6.07, 6.45) is 6.81. The third-order valence-electron chi connectivity index (χ3n) is 7.37. The van der Waals surface area contributed by atoms with Crippen molar-refractivity contribution < 1.29 is 4.39 Å². The summed E-state index contributed by atoms with van der Waals surface area (Å²) in [5, 5.41) is 7.53. The van der Waals surface area contributed by atoms with E-state index >= 15 is 0 Å². The van der Waals surface area contributed by atoms with Crippen LogP contribution in [0, 0.1) is 5.82 Å². The Morgan fingerprint density at radius 2 is 1.03 bits per heavy atom. The van der Waals surface area contributed by atoms with E-state index in [-0.39, 0.29) is 5.82 Å². The Kier molecular flexibility index (Phi) is 4.34. The van der Waals surface area contributed by atoms with E-state index in [2.05, 4.69) is 61.2 Å². The molecule has 0 aliphatic heterocycles. The van der Waals surface area contributed by atoms with Crippen LogP contribution in [0.4, 0.5) is 21.5 Å². The monoisotopic (exact) mass is 491 g/mol. The third kappa shape index (κ3) is 2.91. The summed E-state index contributed by atoms with van der Waals surface area (Å²) < 4.78 is 14.9. The first-order chi connectivity index (χ1) is 18.8. The van der Waals surface area contributed by atoms with E-state index < -0.39 is 0 Å². The van der Waals surface area contributed by atoms with Crippen LogP contribution in [-0.2, 0) is 0 Å². The number of hydrogen-bond donors (Lipinski definition) is 0. The molecule has 6 aromatic carbocycles. The van der Waals surface area contributed by atoms with Crippen molar-refractivity contribution in [3.63, 3.8) is 0 Å². The van der Waals surface area contributed by atoms with Gasteiger partial charge in [0, 0.05) is 39.3 Å². The molecular weight excluding hydrogens is 473 g/mol. The van der Waals surface area contributed by atoms with Gasteiger partial charge in [-0.2, -0.15) is 0 Å². The van der Waals surface area contributed by atoms with Crippen LogP contribution in [0.3, 0.4) is 0 Å². The van der Waals surface area contributed by atoms with Crippen LogP contribution < -0.4 is 4.90 Å². The van der Waals surface area contributed by atoms with E-state index in [1.165, 1.54) is 0 Å². The topological polar surface area (TPSA) is 54.8 Å². The van der Waals surface area contributed by atoms with Crippen LogP contribution in [-0.4, -0.2) is 19.9 Å². The van der Waals surface area contributed by atoms with Crippen molar-refractivity contribution in [1.82, 2.24) is 19.9 Å². The Labute approximate surface area is 216 Å². The number of aromatic nitrogens is 4. The smallest absolute Gasteiger partial charge is 0.131 e. The highest BCUT2D eigenvalue weighted by Crippen LogP contribution is 2.46. The van der Waals surface area contributed by atoms with Gasteiger partial charge in [-0.05, 0) is 52.6 Å². The first kappa shape index (κ1) is 20.9. The van der Waals surface area contributed by atoms with Crippen LogP contribution in [0.1, 0.15) is 0 Å². The van der Waals surface area contributed by atoms with E-state index in [1.54, 1.807) is 18.7 Å². The van der Waals surface area contributed by atoms with Gasteiger partial charge in [-0.3, -0.25) is 0 Å². The number of benzene rings is 6. The third-order valence-corrected chi connectivity index (χ3v) is 7.37. The van der Waals surface area contributed by atoms with Crippen molar-refractivity contribution in [2.45, 2.75) is 0 Å². The summed E-state index contributed by atoms with van der Waals surface area (Å²) in [7, 11) is 0. The lowest BCUT2D eigenvalue weighted by molar-refractivity contribution is 0.640. The van der Waals surface area contributed by atoms with Crippen LogP contribution in [0.15, 0.2) is 110 Å². The van der Waals surface area contributed by atoms with E-state index in [0.717, 1.165) is 65.8 Å². The molecule has 0 saturated carbocycles. The molecule has 2 heterocycles. The summed E-state index contributed by atoms with van der Waals surface area (Å²) >= 11 is 0. The SMILES string of the molecule is Fc1ccc2ccc3c(N(c4cccc5ncncc45)c4cccc5ncncc45)ccc4ccc1c2c43. The number of rotatable bonds is 3. The molecule has 0 N–H and O–H groups in total. The highest BCUT2D eigenvalue weighted by molar-refractivity contribution is 6.26. The molecule has 0 spiro atoms. The second-order valence-electron chi connectivity index (χ2n) is 9.36. The zero-order chi connectivity index (χ0) is 25.2. The van der Waals surface area contributed by atoms with Gasteiger partial charge in [-0.15, -0.1) is 0 Å². The molecule has 0 amide bonds. The second-order valence-corrected chi connectivity index (χ2v) is 9.36. The maximum Gasteiger partial charge on any atom is 0.131 e. The minimum Gasteiger partial charge on any atom is -0.308 e. The highest BCUT2D eigenvalue weighted by atomic mass is 19.1. The molecule has 0 aliphatic carbocycles. The molecule has 8 aromatic rings. The summed E-state index contributed by atoms with van der Waals surface area (Å²) in [6, 6.07) is 27.8. The fourth-order valence-electron chi connectivity index (χ4n) is 5.70. The van der Waals surface area contributed by atoms with Crippen LogP contribution in [0.5, 0.6) is 0 Å². The van der Waals surface area contributed by atoms with Gasteiger partial charge in [0.1, 0.15) is 18.5 Å². The van der Waals surface area contributed by atoms with Gasteiger partial charge in [0.25, 0.3) is 0 Å². The summed E-state index contributed by atoms with van der Waals surface area (Å²) in [4.78, 5) is 19.9. The summed E-state index contributed by atoms with van der Waals surface area (Å²) in [5.74, 6) is -0.216. The van der Waals surface area contributed by atoms with Gasteiger partial charge in [-0.25, -0.2) is 24.3 Å². The largest absolute Gasteiger partial charge is 0.308 e. The van der Waals surface area contributed by atoms with Crippen LogP contribution >= 0.6 is 0 Å². The molecule has 38 heavy (non-hydrogen) atoms. The normalized spacial score (nSPS) is 11.8. The Balaban J connectivity index is 1.54. The van der Waals surface area contributed by atoms with E-state index in [9.17, 15) is 4.39 Å². The molecule has 0 bridgehead atoms. The Morgan fingerprint density at radius 1 is 0.500 bits per heavy atom. The lowest BCUT2D eigenvalue weighted by atomic mass is 9.92. The lowest BCUT2D eigenvalue weighted by Crippen LogP contribution is -2.12. The first-order valence-corrected chi connectivity index (χ1v) is 12.3. The maximum atomic E-state index is 14.9. The molecule has 0 saturated heterocycles. The van der Waals surface area contributed by atoms with Crippen LogP contribution in [0.25, 0.3) is 54.1 Å². The zero-order valence-corrected chi connectivity index (χ0v) is 20.0. The number of fused-ring (bicyclic) bond motifs is 2. The summed E-state index contributed by atoms with van der Waals surface area (Å²) in [6.45, 7) is 0. The standard InChI is InChI=1S/C32H18FN5/c33-25-13-9-19-8-12-22-30(14-10-20-7-11-21(25)31(19)32(20)22)38(28-5-1-3-26-23(28)15-34-17-36-26)29-6-2-4-27-24(29)16-35-18-37-27/h1-18H. The number of anilines is 3. The fourth-order valence-corrected chi connectivity index (χ4v) is 5.70. The van der Waals surface area contributed by atoms with Gasteiger partial charge in [-0.1, -0.05) is 48.5 Å². The van der Waals surface area contributed by atoms with Gasteiger partial charge < -0.3 is 4.90 Å². The molecule has 0 atom stereocenters. The zero-order valence-electron chi connectivity index (χ0n) is 20.0. The van der Waals surface area contributed by atoms with E-state index in [0.29, 0.717) is 5.39 Å². The molecule has 0 aliphatic rings. The average Bonchev–Trinajstić information content (AvgIpc) is 2.98. The van der Waals surface area contributed by atoms with E-state index in [4.69, 9.17) is 0 Å². The summed E-state index contributed by atoms with van der Waals surface area (Å²) in [5.41, 5.74) is 4.52. The predicted molar refractivity (Wildman–Crippen MR) is 151 cm³/mol. The molecule has 178 valence electrons. The Hall–Kier alpha value is -5.23. The van der Waals surface area contributed by atoms with Crippen molar-refractivity contribution in [2.75, 3.05) is 4.90 Å². The number of nitrogens with zero attached hydrogens (tertiary/aromatic N) is 5. The molecule has 6 heteroatoms. The fraction of sp³-hybridized carbons (Fsp3) is 0. The molecule has 0 unspecified atom stereocenters. The predicted octanol–water partition coefficient (Wildman–Crippen LogP) is 8.08. The van der Waals surface area contributed by atoms with Crippen molar-refractivity contribution in [3.05, 3.63) is 116 Å². The molecule has 2 aromatic heterocycles. The molecule has 0 radical (unpaired) electrons. The molecule has 5 nitrogen and oxygen atoms in total. The molecule has 0 fully saturated rings. The quantitative estimate of drug-likeness (QED) is 0.234. The van der Waals surface area contributed by atoms with Gasteiger partial charge in [0.2, 0.25) is 0 Å². The molecular formula is C32H18FN5. The average molecular weight is 492 g/mol. The van der Waals surface area contributed by atoms with Crippen molar-refractivity contribution in [3.8, 4) is 0 Å². The highest BCUT2D eigenvalue weighted by Gasteiger charge is 2.22. The Bertz CT molecular complexity index is 2080. The van der Waals surface area contributed by atoms with Crippen LogP contribution in [0.2, 0.25) is 0 Å². The van der Waals surface area contributed by atoms with Crippen molar-refractivity contribution in [2.24, 2.45) is 0 Å². The number of hydrogen-bond acceptors (Lipinski definition) is 5. The van der Waals surface area contributed by atoms with Crippen molar-refractivity contribution >= 4 is 71.2 Å². The lowest BCUT2D eigenvalue weighted by Gasteiger charge is -2.29. The first-order valence-electron chi connectivity index (χ1n) is 12.3. The van der Waals surface area contributed by atoms with Crippen molar-refractivity contribution in [1.29, 1.82) is 0 Å². The molecule has 8 rings (SSSR count). The van der Waals surface area contributed by atoms with Gasteiger partial charge >= 0.3 is 0 Å². The minimum absolute atomic E-state index is 0.216. The maximum absolute atomic E-state index is 14.9. The van der Waals surface area contributed by atoms with Gasteiger partial charge in [0.15, 0.2) is 0 Å². The van der Waals surface area contributed by atoms with E-state index in [1.807, 2.05) is 54.9 Å².